The van der Waals surface area contributed by atoms with E-state index in [1.54, 1.807) is 0 Å². The second kappa shape index (κ2) is 6.10. The van der Waals surface area contributed by atoms with Gasteiger partial charge >= 0.3 is 5.97 Å². The number of nitrogens with zero attached hydrogens (tertiary/aromatic N) is 1. The zero-order valence-corrected chi connectivity index (χ0v) is 11.9. The molecule has 1 unspecified atom stereocenters. The van der Waals surface area contributed by atoms with Crippen molar-refractivity contribution in [2.75, 3.05) is 6.54 Å². The van der Waals surface area contributed by atoms with Gasteiger partial charge in [-0.05, 0) is 24.0 Å². The van der Waals surface area contributed by atoms with Gasteiger partial charge in [-0.3, -0.25) is 9.69 Å². The fourth-order valence-corrected chi connectivity index (χ4v) is 3.21. The van der Waals surface area contributed by atoms with Gasteiger partial charge in [0, 0.05) is 6.54 Å². The maximum atomic E-state index is 11.5. The zero-order chi connectivity index (χ0) is 14.7. The molecule has 1 heterocycles. The van der Waals surface area contributed by atoms with E-state index in [4.69, 9.17) is 0 Å². The summed E-state index contributed by atoms with van der Waals surface area (Å²) in [6, 6.07) is 20.0. The van der Waals surface area contributed by atoms with Gasteiger partial charge in [0.2, 0.25) is 0 Å². The summed E-state index contributed by atoms with van der Waals surface area (Å²) >= 11 is 0. The third-order valence-electron chi connectivity index (χ3n) is 4.14. The average molecular weight is 281 g/mol. The van der Waals surface area contributed by atoms with Gasteiger partial charge in [-0.25, -0.2) is 0 Å². The van der Waals surface area contributed by atoms with Crippen LogP contribution in [0.4, 0.5) is 0 Å². The van der Waals surface area contributed by atoms with Gasteiger partial charge < -0.3 is 5.11 Å². The monoisotopic (exact) mass is 281 g/mol. The van der Waals surface area contributed by atoms with Crippen LogP contribution in [0.1, 0.15) is 30.0 Å². The summed E-state index contributed by atoms with van der Waals surface area (Å²) in [6.07, 6.45) is 1.67. The van der Waals surface area contributed by atoms with Crippen molar-refractivity contribution in [2.24, 2.45) is 0 Å². The molecule has 0 aliphatic carbocycles. The molecule has 1 atom stereocenters. The summed E-state index contributed by atoms with van der Waals surface area (Å²) in [5.74, 6) is -0.718. The number of benzene rings is 2. The molecule has 0 amide bonds. The van der Waals surface area contributed by atoms with Crippen molar-refractivity contribution in [3.63, 3.8) is 0 Å². The van der Waals surface area contributed by atoms with Crippen LogP contribution in [0, 0.1) is 0 Å². The molecule has 0 radical (unpaired) electrons. The molecule has 1 aliphatic heterocycles. The van der Waals surface area contributed by atoms with Crippen LogP contribution < -0.4 is 0 Å². The summed E-state index contributed by atoms with van der Waals surface area (Å²) in [4.78, 5) is 13.7. The maximum absolute atomic E-state index is 11.5. The van der Waals surface area contributed by atoms with Crippen LogP contribution in [0.2, 0.25) is 0 Å². The Kier molecular flexibility index (Phi) is 4.02. The Morgan fingerprint density at radius 1 is 1.00 bits per heavy atom. The molecule has 0 saturated carbocycles. The van der Waals surface area contributed by atoms with E-state index in [0.717, 1.165) is 30.5 Å². The van der Waals surface area contributed by atoms with Crippen molar-refractivity contribution in [1.82, 2.24) is 4.90 Å². The molecule has 2 aromatic carbocycles. The highest BCUT2D eigenvalue weighted by Gasteiger charge is 2.36. The molecule has 21 heavy (non-hydrogen) atoms. The topological polar surface area (TPSA) is 40.5 Å². The van der Waals surface area contributed by atoms with Gasteiger partial charge in [0.1, 0.15) is 6.04 Å². The van der Waals surface area contributed by atoms with Gasteiger partial charge in [-0.2, -0.15) is 0 Å². The number of rotatable bonds is 4. The van der Waals surface area contributed by atoms with Gasteiger partial charge in [0.05, 0.1) is 6.04 Å². The summed E-state index contributed by atoms with van der Waals surface area (Å²) in [5.41, 5.74) is 2.30. The predicted octanol–water partition coefficient (Wildman–Crippen LogP) is 3.33. The molecular weight excluding hydrogens is 262 g/mol. The first-order valence-electron chi connectivity index (χ1n) is 7.36. The molecule has 0 aromatic heterocycles. The van der Waals surface area contributed by atoms with Gasteiger partial charge in [0.15, 0.2) is 0 Å². The van der Waals surface area contributed by atoms with Crippen LogP contribution in [-0.4, -0.2) is 28.6 Å². The molecule has 3 rings (SSSR count). The highest BCUT2D eigenvalue weighted by Crippen LogP contribution is 2.34. The summed E-state index contributed by atoms with van der Waals surface area (Å²) < 4.78 is 0. The first kappa shape index (κ1) is 13.8. The third-order valence-corrected chi connectivity index (χ3v) is 4.14. The molecule has 0 spiro atoms. The van der Waals surface area contributed by atoms with Crippen molar-refractivity contribution < 1.29 is 9.90 Å². The maximum Gasteiger partial charge on any atom is 0.320 e. The fraction of sp³-hybridized carbons (Fsp3) is 0.278. The van der Waals surface area contributed by atoms with Crippen molar-refractivity contribution >= 4 is 5.97 Å². The first-order valence-corrected chi connectivity index (χ1v) is 7.36. The van der Waals surface area contributed by atoms with E-state index in [9.17, 15) is 9.90 Å². The van der Waals surface area contributed by atoms with Gasteiger partial charge in [0.25, 0.3) is 0 Å². The van der Waals surface area contributed by atoms with Crippen LogP contribution in [0.5, 0.6) is 0 Å². The van der Waals surface area contributed by atoms with E-state index in [1.807, 2.05) is 36.4 Å². The molecule has 1 N–H and O–H groups in total. The minimum Gasteiger partial charge on any atom is -0.480 e. The van der Waals surface area contributed by atoms with Gasteiger partial charge in [-0.15, -0.1) is 0 Å². The highest BCUT2D eigenvalue weighted by atomic mass is 16.4. The summed E-state index contributed by atoms with van der Waals surface area (Å²) in [6.45, 7) is 0.825. The standard InChI is InChI=1S/C18H19NO2/c20-18(21)16-12-7-13-19(16)17(14-8-3-1-4-9-14)15-10-5-2-6-11-15/h1-6,8-11,16-17H,7,12-13H2,(H,20,21). The molecule has 1 saturated heterocycles. The minimum atomic E-state index is -0.718. The predicted molar refractivity (Wildman–Crippen MR) is 82.1 cm³/mol. The number of aliphatic carboxylic acids is 1. The number of hydrogen-bond donors (Lipinski definition) is 1. The van der Waals surface area contributed by atoms with E-state index < -0.39 is 12.0 Å². The minimum absolute atomic E-state index is 0.0102. The van der Waals surface area contributed by atoms with E-state index in [-0.39, 0.29) is 6.04 Å². The number of carbonyl (C=O) groups is 1. The van der Waals surface area contributed by atoms with Crippen LogP contribution in [0.15, 0.2) is 60.7 Å². The Labute approximate surface area is 124 Å². The average Bonchev–Trinajstić information content (AvgIpc) is 2.99. The molecule has 0 bridgehead atoms. The van der Waals surface area contributed by atoms with E-state index >= 15 is 0 Å². The number of hydrogen-bond acceptors (Lipinski definition) is 2. The zero-order valence-electron chi connectivity index (χ0n) is 11.9. The van der Waals surface area contributed by atoms with Crippen molar-refractivity contribution in [2.45, 2.75) is 24.9 Å². The molecular formula is C18H19NO2. The fourth-order valence-electron chi connectivity index (χ4n) is 3.21. The lowest BCUT2D eigenvalue weighted by molar-refractivity contribution is -0.142. The first-order chi connectivity index (χ1) is 10.3. The Balaban J connectivity index is 2.03. The SMILES string of the molecule is O=C(O)C1CCCN1C(c1ccccc1)c1ccccc1. The van der Waals surface area contributed by atoms with E-state index in [1.165, 1.54) is 0 Å². The van der Waals surface area contributed by atoms with E-state index in [2.05, 4.69) is 29.2 Å². The normalized spacial score (nSPS) is 19.0. The number of carboxylic acids is 1. The lowest BCUT2D eigenvalue weighted by Gasteiger charge is -2.32. The van der Waals surface area contributed by atoms with Crippen molar-refractivity contribution in [1.29, 1.82) is 0 Å². The van der Waals surface area contributed by atoms with Crippen LogP contribution in [0.25, 0.3) is 0 Å². The van der Waals surface area contributed by atoms with Crippen LogP contribution >= 0.6 is 0 Å². The second-order valence-electron chi connectivity index (χ2n) is 5.46. The molecule has 3 nitrogen and oxygen atoms in total. The molecule has 1 fully saturated rings. The number of carboxylic acid groups (broad SMARTS) is 1. The molecule has 2 aromatic rings. The summed E-state index contributed by atoms with van der Waals surface area (Å²) in [7, 11) is 0. The number of likely N-dealkylation sites (tertiary alicyclic amines) is 1. The van der Waals surface area contributed by atoms with Crippen molar-refractivity contribution in [3.05, 3.63) is 71.8 Å². The Morgan fingerprint density at radius 2 is 1.52 bits per heavy atom. The summed E-state index contributed by atoms with van der Waals surface area (Å²) in [5, 5.41) is 9.48. The highest BCUT2D eigenvalue weighted by molar-refractivity contribution is 5.74. The molecule has 1 aliphatic rings. The molecule has 108 valence electrons. The Hall–Kier alpha value is -2.13. The van der Waals surface area contributed by atoms with Crippen LogP contribution in [-0.2, 0) is 4.79 Å². The smallest absolute Gasteiger partial charge is 0.320 e. The van der Waals surface area contributed by atoms with Crippen molar-refractivity contribution in [3.8, 4) is 0 Å². The third kappa shape index (κ3) is 2.83. The van der Waals surface area contributed by atoms with Gasteiger partial charge in [-0.1, -0.05) is 60.7 Å². The largest absolute Gasteiger partial charge is 0.480 e. The lowest BCUT2D eigenvalue weighted by atomic mass is 9.96. The quantitative estimate of drug-likeness (QED) is 0.934. The Bertz CT molecular complexity index is 558. The lowest BCUT2D eigenvalue weighted by Crippen LogP contribution is -2.39. The Morgan fingerprint density at radius 3 is 2.00 bits per heavy atom. The van der Waals surface area contributed by atoms with Crippen LogP contribution in [0.3, 0.4) is 0 Å². The molecule has 3 heteroatoms. The second-order valence-corrected chi connectivity index (χ2v) is 5.46. The van der Waals surface area contributed by atoms with E-state index in [0.29, 0.717) is 0 Å².